The maximum atomic E-state index is 12.4. The van der Waals surface area contributed by atoms with E-state index in [2.05, 4.69) is 24.4 Å². The van der Waals surface area contributed by atoms with Gasteiger partial charge in [-0.3, -0.25) is 4.79 Å². The average molecular weight is 341 g/mol. The highest BCUT2D eigenvalue weighted by Crippen LogP contribution is 2.18. The zero-order chi connectivity index (χ0) is 15.8. The first kappa shape index (κ1) is 19.9. The predicted octanol–water partition coefficient (Wildman–Crippen LogP) is 2.69. The van der Waals surface area contributed by atoms with Gasteiger partial charge >= 0.3 is 0 Å². The topological polar surface area (TPSA) is 64.4 Å². The van der Waals surface area contributed by atoms with E-state index in [1.807, 2.05) is 18.2 Å². The van der Waals surface area contributed by atoms with E-state index < -0.39 is 6.04 Å². The summed E-state index contributed by atoms with van der Waals surface area (Å²) < 4.78 is 5.34. The summed E-state index contributed by atoms with van der Waals surface area (Å²) in [4.78, 5) is 12.4. The molecule has 0 bridgehead atoms. The Labute approximate surface area is 145 Å². The minimum absolute atomic E-state index is 0. The third kappa shape index (κ3) is 6.50. The van der Waals surface area contributed by atoms with Crippen LogP contribution in [0.1, 0.15) is 38.2 Å². The molecule has 1 aromatic rings. The van der Waals surface area contributed by atoms with Gasteiger partial charge in [-0.05, 0) is 37.2 Å². The molecule has 0 aromatic heterocycles. The third-order valence-corrected chi connectivity index (χ3v) is 4.39. The van der Waals surface area contributed by atoms with Gasteiger partial charge in [0.1, 0.15) is 0 Å². The minimum Gasteiger partial charge on any atom is -0.381 e. The maximum Gasteiger partial charge on any atom is 0.237 e. The summed E-state index contributed by atoms with van der Waals surface area (Å²) in [6, 6.07) is 10.0. The zero-order valence-electron chi connectivity index (χ0n) is 13.9. The molecule has 1 aliphatic heterocycles. The van der Waals surface area contributed by atoms with Gasteiger partial charge in [0.2, 0.25) is 5.91 Å². The predicted molar refractivity (Wildman–Crippen MR) is 95.8 cm³/mol. The number of benzene rings is 1. The summed E-state index contributed by atoms with van der Waals surface area (Å²) in [6.07, 6.45) is 4.64. The fourth-order valence-corrected chi connectivity index (χ4v) is 3.06. The Balaban J connectivity index is 0.00000264. The second-order valence-electron chi connectivity index (χ2n) is 6.16. The Bertz CT molecular complexity index is 450. The number of ether oxygens (including phenoxy) is 1. The van der Waals surface area contributed by atoms with Crippen LogP contribution >= 0.6 is 12.4 Å². The number of nitrogens with one attached hydrogen (secondary N) is 1. The number of carbonyl (C=O) groups excluding carboxylic acids is 1. The van der Waals surface area contributed by atoms with Crippen LogP contribution in [-0.4, -0.2) is 31.2 Å². The van der Waals surface area contributed by atoms with Crippen LogP contribution in [-0.2, 0) is 16.0 Å². The van der Waals surface area contributed by atoms with Gasteiger partial charge in [-0.25, -0.2) is 0 Å². The Morgan fingerprint density at radius 3 is 2.57 bits per heavy atom. The molecule has 1 amide bonds. The lowest BCUT2D eigenvalue weighted by Crippen LogP contribution is -2.50. The van der Waals surface area contributed by atoms with Crippen LogP contribution in [0.15, 0.2) is 30.3 Å². The van der Waals surface area contributed by atoms with Gasteiger partial charge in [0.25, 0.3) is 0 Å². The standard InChI is InChI=1S/C18H28N2O2.ClH/c1-2-6-16(13-14-7-4-3-5-8-14)20-18(21)17(19)15-9-11-22-12-10-15;/h3-5,7-8,15-17H,2,6,9-13,19H2,1H3,(H,20,21);1H. The lowest BCUT2D eigenvalue weighted by Gasteiger charge is -2.28. The number of halogens is 1. The Morgan fingerprint density at radius 2 is 1.96 bits per heavy atom. The van der Waals surface area contributed by atoms with Crippen molar-refractivity contribution in [1.29, 1.82) is 0 Å². The van der Waals surface area contributed by atoms with E-state index in [9.17, 15) is 4.79 Å². The van der Waals surface area contributed by atoms with E-state index in [4.69, 9.17) is 10.5 Å². The molecule has 0 saturated carbocycles. The highest BCUT2D eigenvalue weighted by Gasteiger charge is 2.27. The van der Waals surface area contributed by atoms with Crippen molar-refractivity contribution in [2.24, 2.45) is 11.7 Å². The van der Waals surface area contributed by atoms with E-state index >= 15 is 0 Å². The van der Waals surface area contributed by atoms with E-state index in [-0.39, 0.29) is 30.3 Å². The molecule has 1 aromatic carbocycles. The average Bonchev–Trinajstić information content (AvgIpc) is 2.56. The van der Waals surface area contributed by atoms with Crippen LogP contribution in [0.25, 0.3) is 0 Å². The second kappa shape index (κ2) is 10.6. The highest BCUT2D eigenvalue weighted by molar-refractivity contribution is 5.85. The number of hydrogen-bond donors (Lipinski definition) is 2. The molecule has 0 spiro atoms. The zero-order valence-corrected chi connectivity index (χ0v) is 14.7. The summed E-state index contributed by atoms with van der Waals surface area (Å²) in [5, 5.41) is 3.16. The molecule has 3 N–H and O–H groups in total. The van der Waals surface area contributed by atoms with Crippen LogP contribution in [0.5, 0.6) is 0 Å². The highest BCUT2D eigenvalue weighted by atomic mass is 35.5. The van der Waals surface area contributed by atoms with E-state index in [0.717, 1.165) is 32.1 Å². The van der Waals surface area contributed by atoms with Gasteiger partial charge < -0.3 is 15.8 Å². The van der Waals surface area contributed by atoms with Gasteiger partial charge in [0.05, 0.1) is 6.04 Å². The summed E-state index contributed by atoms with van der Waals surface area (Å²) in [7, 11) is 0. The molecule has 1 saturated heterocycles. The molecule has 0 radical (unpaired) electrons. The molecule has 4 nitrogen and oxygen atoms in total. The maximum absolute atomic E-state index is 12.4. The van der Waals surface area contributed by atoms with Crippen LogP contribution in [0, 0.1) is 5.92 Å². The van der Waals surface area contributed by atoms with Gasteiger partial charge in [0, 0.05) is 19.3 Å². The smallest absolute Gasteiger partial charge is 0.237 e. The van der Waals surface area contributed by atoms with Crippen molar-refractivity contribution in [3.8, 4) is 0 Å². The molecule has 5 heteroatoms. The molecule has 2 rings (SSSR count). The molecular weight excluding hydrogens is 312 g/mol. The van der Waals surface area contributed by atoms with Crippen LogP contribution in [0.4, 0.5) is 0 Å². The minimum atomic E-state index is -0.418. The number of hydrogen-bond acceptors (Lipinski definition) is 3. The Morgan fingerprint density at radius 1 is 1.30 bits per heavy atom. The Hall–Kier alpha value is -1.10. The lowest BCUT2D eigenvalue weighted by atomic mass is 9.91. The van der Waals surface area contributed by atoms with Gasteiger partial charge in [-0.1, -0.05) is 43.7 Å². The fraction of sp³-hybridized carbons (Fsp3) is 0.611. The number of carbonyl (C=O) groups is 1. The monoisotopic (exact) mass is 340 g/mol. The van der Waals surface area contributed by atoms with Crippen molar-refractivity contribution in [3.63, 3.8) is 0 Å². The van der Waals surface area contributed by atoms with Crippen molar-refractivity contribution < 1.29 is 9.53 Å². The first-order chi connectivity index (χ1) is 10.7. The normalized spacial score (nSPS) is 17.8. The molecule has 1 fully saturated rings. The summed E-state index contributed by atoms with van der Waals surface area (Å²) in [6.45, 7) is 3.57. The molecular formula is C18H29ClN2O2. The largest absolute Gasteiger partial charge is 0.381 e. The molecule has 0 aliphatic carbocycles. The fourth-order valence-electron chi connectivity index (χ4n) is 3.06. The van der Waals surface area contributed by atoms with E-state index in [0.29, 0.717) is 13.2 Å². The van der Waals surface area contributed by atoms with Crippen molar-refractivity contribution in [2.75, 3.05) is 13.2 Å². The van der Waals surface area contributed by atoms with E-state index in [1.165, 1.54) is 5.56 Å². The van der Waals surface area contributed by atoms with Gasteiger partial charge in [-0.15, -0.1) is 12.4 Å². The number of amides is 1. The second-order valence-corrected chi connectivity index (χ2v) is 6.16. The first-order valence-corrected chi connectivity index (χ1v) is 8.38. The van der Waals surface area contributed by atoms with Crippen molar-refractivity contribution in [1.82, 2.24) is 5.32 Å². The lowest BCUT2D eigenvalue weighted by molar-refractivity contribution is -0.125. The SMILES string of the molecule is CCCC(Cc1ccccc1)NC(=O)C(N)C1CCOCC1.Cl. The third-order valence-electron chi connectivity index (χ3n) is 4.39. The Kier molecular flexibility index (Phi) is 9.22. The van der Waals surface area contributed by atoms with Crippen molar-refractivity contribution in [3.05, 3.63) is 35.9 Å². The molecule has 2 atom stereocenters. The molecule has 1 aliphatic rings. The molecule has 23 heavy (non-hydrogen) atoms. The number of nitrogens with two attached hydrogens (primary N) is 1. The van der Waals surface area contributed by atoms with Crippen LogP contribution in [0.3, 0.4) is 0 Å². The summed E-state index contributed by atoms with van der Waals surface area (Å²) in [5.74, 6) is 0.231. The van der Waals surface area contributed by atoms with Crippen LogP contribution in [0.2, 0.25) is 0 Å². The summed E-state index contributed by atoms with van der Waals surface area (Å²) >= 11 is 0. The van der Waals surface area contributed by atoms with Gasteiger partial charge in [0.15, 0.2) is 0 Å². The molecule has 2 unspecified atom stereocenters. The molecule has 130 valence electrons. The van der Waals surface area contributed by atoms with Gasteiger partial charge in [-0.2, -0.15) is 0 Å². The van der Waals surface area contributed by atoms with E-state index in [1.54, 1.807) is 0 Å². The van der Waals surface area contributed by atoms with Crippen molar-refractivity contribution >= 4 is 18.3 Å². The summed E-state index contributed by atoms with van der Waals surface area (Å²) in [5.41, 5.74) is 7.41. The van der Waals surface area contributed by atoms with Crippen molar-refractivity contribution in [2.45, 2.75) is 51.1 Å². The molecule has 1 heterocycles. The van der Waals surface area contributed by atoms with Crippen LogP contribution < -0.4 is 11.1 Å². The first-order valence-electron chi connectivity index (χ1n) is 8.38. The number of rotatable bonds is 7. The quantitative estimate of drug-likeness (QED) is 0.802.